The van der Waals surface area contributed by atoms with Gasteiger partial charge in [0.25, 0.3) is 0 Å². The van der Waals surface area contributed by atoms with Crippen LogP contribution in [0.3, 0.4) is 0 Å². The highest BCUT2D eigenvalue weighted by atomic mass is 15.3. The number of nitrogens with zero attached hydrogens (tertiary/aromatic N) is 1. The predicted octanol–water partition coefficient (Wildman–Crippen LogP) is 5.17. The molecule has 2 aromatic carbocycles. The molecular formula is C21H24N+. The topological polar surface area (TPSA) is 0 Å². The maximum Gasteiger partial charge on any atom is 0.132 e. The number of rotatable bonds is 5. The van der Waals surface area contributed by atoms with Crippen LogP contribution in [0.5, 0.6) is 0 Å². The largest absolute Gasteiger partial charge is 0.298 e. The van der Waals surface area contributed by atoms with Crippen molar-refractivity contribution in [1.29, 1.82) is 0 Å². The van der Waals surface area contributed by atoms with Crippen molar-refractivity contribution in [3.63, 3.8) is 0 Å². The van der Waals surface area contributed by atoms with Crippen molar-refractivity contribution >= 4 is 17.8 Å². The molecule has 0 aliphatic carbocycles. The van der Waals surface area contributed by atoms with E-state index in [0.29, 0.717) is 0 Å². The number of hydrogen-bond donors (Lipinski definition) is 0. The molecule has 0 amide bonds. The summed E-state index contributed by atoms with van der Waals surface area (Å²) in [5.41, 5.74) is 3.74. The SMILES string of the molecule is C[N+](C)(C)c1ccc(/C=C/C=C/C=C\c2ccccc2)cc1. The Labute approximate surface area is 134 Å². The van der Waals surface area contributed by atoms with Crippen LogP contribution in [0.4, 0.5) is 5.69 Å². The Morgan fingerprint density at radius 3 is 1.59 bits per heavy atom. The van der Waals surface area contributed by atoms with Crippen LogP contribution in [0.25, 0.3) is 12.2 Å². The molecule has 112 valence electrons. The maximum atomic E-state index is 2.18. The van der Waals surface area contributed by atoms with Crippen molar-refractivity contribution < 1.29 is 0 Å². The van der Waals surface area contributed by atoms with Gasteiger partial charge in [0.1, 0.15) is 5.69 Å². The second kappa shape index (κ2) is 7.58. The highest BCUT2D eigenvalue weighted by Gasteiger charge is 2.10. The second-order valence-electron chi connectivity index (χ2n) is 6.12. The summed E-state index contributed by atoms with van der Waals surface area (Å²) in [4.78, 5) is 0. The summed E-state index contributed by atoms with van der Waals surface area (Å²) in [5, 5.41) is 0. The quantitative estimate of drug-likeness (QED) is 0.526. The first-order chi connectivity index (χ1) is 10.6. The van der Waals surface area contributed by atoms with Crippen LogP contribution in [0, 0.1) is 0 Å². The molecule has 0 aliphatic rings. The van der Waals surface area contributed by atoms with Gasteiger partial charge in [-0.2, -0.15) is 0 Å². The molecule has 1 heteroatoms. The normalized spacial score (nSPS) is 12.7. The number of benzene rings is 2. The van der Waals surface area contributed by atoms with Gasteiger partial charge in [0.2, 0.25) is 0 Å². The minimum atomic E-state index is 0.841. The fraction of sp³-hybridized carbons (Fsp3) is 0.143. The molecule has 0 saturated heterocycles. The van der Waals surface area contributed by atoms with Crippen LogP contribution in [0.1, 0.15) is 11.1 Å². The van der Waals surface area contributed by atoms with Crippen LogP contribution in [0.15, 0.2) is 78.9 Å². The van der Waals surface area contributed by atoms with Crippen molar-refractivity contribution in [1.82, 2.24) is 4.48 Å². The Kier molecular flexibility index (Phi) is 5.51. The van der Waals surface area contributed by atoms with Gasteiger partial charge >= 0.3 is 0 Å². The Balaban J connectivity index is 1.90. The van der Waals surface area contributed by atoms with Crippen molar-refractivity contribution in [2.45, 2.75) is 0 Å². The van der Waals surface area contributed by atoms with Crippen LogP contribution < -0.4 is 4.48 Å². The van der Waals surface area contributed by atoms with Gasteiger partial charge in [0, 0.05) is 0 Å². The fourth-order valence-electron chi connectivity index (χ4n) is 2.06. The Hall–Kier alpha value is -2.38. The predicted molar refractivity (Wildman–Crippen MR) is 99.7 cm³/mol. The molecule has 0 bridgehead atoms. The van der Waals surface area contributed by atoms with E-state index in [1.54, 1.807) is 0 Å². The molecule has 0 heterocycles. The molecule has 0 spiro atoms. The van der Waals surface area contributed by atoms with Gasteiger partial charge in [-0.05, 0) is 35.4 Å². The molecule has 2 aromatic rings. The molecule has 0 fully saturated rings. The molecule has 22 heavy (non-hydrogen) atoms. The molecule has 1 nitrogen and oxygen atoms in total. The zero-order chi connectivity index (χ0) is 15.8. The molecule has 0 radical (unpaired) electrons. The standard InChI is InChI=1S/C21H24N/c1-22(2,3)21-17-15-20(16-18-21)14-8-5-4-7-11-19-12-9-6-10-13-19/h4-18H,1-3H3/q+1/b5-4+,11-7-,14-8+. The first kappa shape index (κ1) is 16.0. The van der Waals surface area contributed by atoms with E-state index in [-0.39, 0.29) is 0 Å². The van der Waals surface area contributed by atoms with E-state index in [2.05, 4.69) is 81.8 Å². The summed E-state index contributed by atoms with van der Waals surface area (Å²) < 4.78 is 0.841. The second-order valence-corrected chi connectivity index (χ2v) is 6.12. The number of hydrogen-bond acceptors (Lipinski definition) is 0. The van der Waals surface area contributed by atoms with E-state index >= 15 is 0 Å². The van der Waals surface area contributed by atoms with Gasteiger partial charge in [0.05, 0.1) is 21.1 Å². The first-order valence-electron chi connectivity index (χ1n) is 7.54. The van der Waals surface area contributed by atoms with Gasteiger partial charge in [-0.3, -0.25) is 4.48 Å². The Morgan fingerprint density at radius 2 is 1.09 bits per heavy atom. The third kappa shape index (κ3) is 5.19. The highest BCUT2D eigenvalue weighted by Crippen LogP contribution is 2.17. The van der Waals surface area contributed by atoms with Crippen molar-refractivity contribution in [3.05, 3.63) is 90.0 Å². The minimum absolute atomic E-state index is 0.841. The Morgan fingerprint density at radius 1 is 0.591 bits per heavy atom. The van der Waals surface area contributed by atoms with Crippen LogP contribution in [-0.2, 0) is 0 Å². The molecule has 2 rings (SSSR count). The van der Waals surface area contributed by atoms with Gasteiger partial charge in [0.15, 0.2) is 0 Å². The smallest absolute Gasteiger partial charge is 0.132 e. The van der Waals surface area contributed by atoms with E-state index in [1.165, 1.54) is 16.8 Å². The highest BCUT2D eigenvalue weighted by molar-refractivity contribution is 5.56. The van der Waals surface area contributed by atoms with Crippen molar-refractivity contribution in [2.24, 2.45) is 0 Å². The summed E-state index contributed by atoms with van der Waals surface area (Å²) in [6.07, 6.45) is 12.4. The lowest BCUT2D eigenvalue weighted by molar-refractivity contribution is 0.486. The molecule has 0 aromatic heterocycles. The summed E-state index contributed by atoms with van der Waals surface area (Å²) >= 11 is 0. The summed E-state index contributed by atoms with van der Waals surface area (Å²) in [7, 11) is 6.52. The third-order valence-electron chi connectivity index (χ3n) is 3.38. The molecule has 0 unspecified atom stereocenters. The third-order valence-corrected chi connectivity index (χ3v) is 3.38. The van der Waals surface area contributed by atoms with Crippen molar-refractivity contribution in [2.75, 3.05) is 21.1 Å². The van der Waals surface area contributed by atoms with Crippen LogP contribution in [0.2, 0.25) is 0 Å². The van der Waals surface area contributed by atoms with Gasteiger partial charge in [-0.25, -0.2) is 0 Å². The lowest BCUT2D eigenvalue weighted by Crippen LogP contribution is -2.34. The van der Waals surface area contributed by atoms with Crippen molar-refractivity contribution in [3.8, 4) is 0 Å². The van der Waals surface area contributed by atoms with E-state index in [9.17, 15) is 0 Å². The van der Waals surface area contributed by atoms with Gasteiger partial charge in [-0.15, -0.1) is 0 Å². The van der Waals surface area contributed by atoms with Crippen LogP contribution >= 0.6 is 0 Å². The molecule has 0 saturated carbocycles. The molecular weight excluding hydrogens is 266 g/mol. The summed E-state index contributed by atoms with van der Waals surface area (Å²) in [5.74, 6) is 0. The lowest BCUT2D eigenvalue weighted by Gasteiger charge is -2.23. The van der Waals surface area contributed by atoms with E-state index < -0.39 is 0 Å². The maximum absolute atomic E-state index is 2.18. The lowest BCUT2D eigenvalue weighted by atomic mass is 10.1. The van der Waals surface area contributed by atoms with E-state index in [1.807, 2.05) is 30.4 Å². The van der Waals surface area contributed by atoms with E-state index in [0.717, 1.165) is 4.48 Å². The van der Waals surface area contributed by atoms with Gasteiger partial charge in [-0.1, -0.05) is 66.8 Å². The number of allylic oxidation sites excluding steroid dienone is 4. The molecule has 0 N–H and O–H groups in total. The average Bonchev–Trinajstić information content (AvgIpc) is 2.51. The zero-order valence-corrected chi connectivity index (χ0v) is 13.6. The van der Waals surface area contributed by atoms with E-state index in [4.69, 9.17) is 0 Å². The molecule has 0 aliphatic heterocycles. The van der Waals surface area contributed by atoms with Crippen LogP contribution in [-0.4, -0.2) is 21.1 Å². The Bertz CT molecular complexity index is 653. The summed E-state index contributed by atoms with van der Waals surface area (Å²) in [6.45, 7) is 0. The minimum Gasteiger partial charge on any atom is -0.298 e. The molecule has 0 atom stereocenters. The first-order valence-corrected chi connectivity index (χ1v) is 7.54. The zero-order valence-electron chi connectivity index (χ0n) is 13.6. The monoisotopic (exact) mass is 290 g/mol. The average molecular weight is 290 g/mol. The summed E-state index contributed by atoms with van der Waals surface area (Å²) in [6, 6.07) is 19.0. The van der Waals surface area contributed by atoms with Gasteiger partial charge < -0.3 is 0 Å². The number of quaternary nitrogens is 1. The fourth-order valence-corrected chi connectivity index (χ4v) is 2.06.